The molecule has 0 spiro atoms. The second-order valence-corrected chi connectivity index (χ2v) is 13.1. The summed E-state index contributed by atoms with van der Waals surface area (Å²) >= 11 is 0. The lowest BCUT2D eigenvalue weighted by Gasteiger charge is -2.62. The molecule has 38 heavy (non-hydrogen) atoms. The molecule has 0 amide bonds. The van der Waals surface area contributed by atoms with Gasteiger partial charge in [-0.05, 0) is 93.1 Å². The van der Waals surface area contributed by atoms with Crippen molar-refractivity contribution < 1.29 is 34.3 Å². The molecule has 0 radical (unpaired) electrons. The van der Waals surface area contributed by atoms with Crippen LogP contribution < -0.4 is 5.63 Å². The zero-order chi connectivity index (χ0) is 27.0. The predicted octanol–water partition coefficient (Wildman–Crippen LogP) is 3.01. The van der Waals surface area contributed by atoms with E-state index in [0.29, 0.717) is 5.92 Å². The van der Waals surface area contributed by atoms with Crippen LogP contribution in [0, 0.1) is 22.7 Å². The van der Waals surface area contributed by atoms with Gasteiger partial charge < -0.3 is 34.3 Å². The van der Waals surface area contributed by atoms with Crippen molar-refractivity contribution in [2.45, 2.75) is 120 Å². The fourth-order valence-electron chi connectivity index (χ4n) is 9.17. The van der Waals surface area contributed by atoms with E-state index in [1.54, 1.807) is 13.2 Å². The molecule has 4 N–H and O–H groups in total. The Kier molecular flexibility index (Phi) is 6.49. The Morgan fingerprint density at radius 1 is 0.947 bits per heavy atom. The maximum atomic E-state index is 12.4. The molecule has 4 fully saturated rings. The molecule has 0 bridgehead atoms. The lowest BCUT2D eigenvalue weighted by molar-refractivity contribution is -0.301. The van der Waals surface area contributed by atoms with Crippen molar-refractivity contribution in [3.8, 4) is 0 Å². The number of aliphatic hydroxyl groups excluding tert-OH is 3. The van der Waals surface area contributed by atoms with Gasteiger partial charge in [0.15, 0.2) is 6.29 Å². The third-order valence-electron chi connectivity index (χ3n) is 11.5. The van der Waals surface area contributed by atoms with Gasteiger partial charge in [-0.25, -0.2) is 4.79 Å². The summed E-state index contributed by atoms with van der Waals surface area (Å²) in [6.07, 6.45) is 5.32. The molecule has 3 saturated carbocycles. The van der Waals surface area contributed by atoms with E-state index in [0.717, 1.165) is 56.9 Å². The van der Waals surface area contributed by atoms with E-state index in [1.807, 2.05) is 6.07 Å². The second-order valence-electron chi connectivity index (χ2n) is 13.1. The van der Waals surface area contributed by atoms with E-state index in [2.05, 4.69) is 19.9 Å². The van der Waals surface area contributed by atoms with Gasteiger partial charge in [0.1, 0.15) is 18.3 Å². The number of aliphatic hydroxyl groups is 4. The zero-order valence-corrected chi connectivity index (χ0v) is 22.6. The average molecular weight is 531 g/mol. The van der Waals surface area contributed by atoms with E-state index < -0.39 is 36.3 Å². The largest absolute Gasteiger partial charge is 0.431 e. The van der Waals surface area contributed by atoms with Gasteiger partial charge in [-0.2, -0.15) is 0 Å². The van der Waals surface area contributed by atoms with Crippen LogP contribution in [0.3, 0.4) is 0 Å². The van der Waals surface area contributed by atoms with E-state index in [-0.39, 0.29) is 34.4 Å². The van der Waals surface area contributed by atoms with Crippen molar-refractivity contribution in [1.82, 2.24) is 0 Å². The van der Waals surface area contributed by atoms with Gasteiger partial charge in [0.05, 0.1) is 24.1 Å². The summed E-state index contributed by atoms with van der Waals surface area (Å²) in [4.78, 5) is 11.5. The SMILES string of the molecule is C[C@@H]1O[C@H](O[C@@H]2C=C3CC[C@@H]4[C@@H](CC[C@]5(C)[C@@H](c6ccc(=O)oc6)CC[C@]45O)[C@@]3(C)CC2)[C@H](O)[C@H](O)[C@H]1O. The number of ether oxygens (including phenoxy) is 2. The highest BCUT2D eigenvalue weighted by molar-refractivity contribution is 5.31. The molecule has 8 nitrogen and oxygen atoms in total. The smallest absolute Gasteiger partial charge is 0.335 e. The summed E-state index contributed by atoms with van der Waals surface area (Å²) in [5, 5.41) is 43.0. The molecule has 0 aromatic carbocycles. The minimum absolute atomic E-state index is 0.0213. The third-order valence-corrected chi connectivity index (χ3v) is 11.5. The first-order chi connectivity index (χ1) is 18.0. The minimum atomic E-state index is -1.31. The first kappa shape index (κ1) is 26.7. The van der Waals surface area contributed by atoms with Crippen molar-refractivity contribution in [3.63, 3.8) is 0 Å². The Balaban J connectivity index is 1.21. The van der Waals surface area contributed by atoms with Crippen LogP contribution in [0.4, 0.5) is 0 Å². The summed E-state index contributed by atoms with van der Waals surface area (Å²) in [7, 11) is 0. The third kappa shape index (κ3) is 3.82. The predicted molar refractivity (Wildman–Crippen MR) is 138 cm³/mol. The molecule has 2 heterocycles. The number of rotatable bonds is 3. The molecule has 8 heteroatoms. The lowest BCUT2D eigenvalue weighted by atomic mass is 9.45. The normalized spacial score (nSPS) is 50.5. The van der Waals surface area contributed by atoms with Crippen molar-refractivity contribution in [1.29, 1.82) is 0 Å². The van der Waals surface area contributed by atoms with E-state index in [9.17, 15) is 25.2 Å². The fourth-order valence-corrected chi connectivity index (χ4v) is 9.17. The quantitative estimate of drug-likeness (QED) is 0.439. The summed E-state index contributed by atoms with van der Waals surface area (Å²) in [6.45, 7) is 6.26. The molecule has 5 aliphatic rings. The maximum Gasteiger partial charge on any atom is 0.335 e. The molecule has 12 atom stereocenters. The monoisotopic (exact) mass is 530 g/mol. The molecule has 1 aromatic heterocycles. The molecule has 4 aliphatic carbocycles. The van der Waals surface area contributed by atoms with Gasteiger partial charge in [-0.3, -0.25) is 0 Å². The number of fused-ring (bicyclic) bond motifs is 5. The summed E-state index contributed by atoms with van der Waals surface area (Å²) in [5.41, 5.74) is 0.991. The number of hydrogen-bond acceptors (Lipinski definition) is 8. The topological polar surface area (TPSA) is 130 Å². The highest BCUT2D eigenvalue weighted by Crippen LogP contribution is 2.70. The number of hydrogen-bond donors (Lipinski definition) is 4. The molecule has 1 aromatic rings. The highest BCUT2D eigenvalue weighted by atomic mass is 16.7. The summed E-state index contributed by atoms with van der Waals surface area (Å²) < 4.78 is 17.0. The zero-order valence-electron chi connectivity index (χ0n) is 22.6. The molecule has 1 saturated heterocycles. The van der Waals surface area contributed by atoms with E-state index >= 15 is 0 Å². The Morgan fingerprint density at radius 3 is 2.47 bits per heavy atom. The Labute approximate surface area is 223 Å². The molecule has 0 unspecified atom stereocenters. The summed E-state index contributed by atoms with van der Waals surface area (Å²) in [5.74, 6) is 0.759. The van der Waals surface area contributed by atoms with Gasteiger partial charge in [0, 0.05) is 11.5 Å². The molecular weight excluding hydrogens is 488 g/mol. The van der Waals surface area contributed by atoms with Crippen molar-refractivity contribution in [2.75, 3.05) is 0 Å². The first-order valence-electron chi connectivity index (χ1n) is 14.4. The second kappa shape index (κ2) is 9.25. The van der Waals surface area contributed by atoms with Crippen molar-refractivity contribution in [2.24, 2.45) is 22.7 Å². The first-order valence-corrected chi connectivity index (χ1v) is 14.4. The highest BCUT2D eigenvalue weighted by Gasteiger charge is 2.66. The minimum Gasteiger partial charge on any atom is -0.431 e. The van der Waals surface area contributed by atoms with Crippen LogP contribution in [0.5, 0.6) is 0 Å². The van der Waals surface area contributed by atoms with Gasteiger partial charge in [0.2, 0.25) is 0 Å². The summed E-state index contributed by atoms with van der Waals surface area (Å²) in [6, 6.07) is 3.36. The Hall–Kier alpha value is -1.55. The van der Waals surface area contributed by atoms with Gasteiger partial charge >= 0.3 is 5.63 Å². The van der Waals surface area contributed by atoms with Crippen LogP contribution in [0.2, 0.25) is 0 Å². The van der Waals surface area contributed by atoms with Crippen LogP contribution in [0.1, 0.15) is 83.6 Å². The van der Waals surface area contributed by atoms with E-state index in [4.69, 9.17) is 13.9 Å². The standard InChI is InChI=1S/C30H42O8/c1-16-24(32)25(33)26(34)27(37-16)38-19-8-11-28(2)18(14-19)5-6-22-21(28)9-12-29(3)20(10-13-30(22,29)35)17-4-7-23(31)36-15-17/h4,7,14-16,19-22,24-27,32-35H,5-6,8-13H2,1-3H3/t16-,19-,20+,21+,22+,24-,25+,26+,27+,28-,29+,30-/m0/s1. The van der Waals surface area contributed by atoms with Crippen molar-refractivity contribution in [3.05, 3.63) is 46.0 Å². The lowest BCUT2D eigenvalue weighted by Crippen LogP contribution is -2.60. The van der Waals surface area contributed by atoms with Crippen LogP contribution in [0.25, 0.3) is 0 Å². The van der Waals surface area contributed by atoms with Gasteiger partial charge in [-0.15, -0.1) is 0 Å². The molecule has 210 valence electrons. The van der Waals surface area contributed by atoms with Gasteiger partial charge in [0.25, 0.3) is 0 Å². The fraction of sp³-hybridized carbons (Fsp3) is 0.767. The van der Waals surface area contributed by atoms with Crippen LogP contribution in [0.15, 0.2) is 39.3 Å². The van der Waals surface area contributed by atoms with E-state index in [1.165, 1.54) is 11.6 Å². The van der Waals surface area contributed by atoms with Crippen LogP contribution >= 0.6 is 0 Å². The van der Waals surface area contributed by atoms with Gasteiger partial charge in [-0.1, -0.05) is 25.5 Å². The Bertz CT molecular complexity index is 1130. The molecule has 6 rings (SSSR count). The van der Waals surface area contributed by atoms with Crippen LogP contribution in [-0.2, 0) is 9.47 Å². The van der Waals surface area contributed by atoms with Crippen LogP contribution in [-0.4, -0.2) is 62.8 Å². The number of allylic oxidation sites excluding steroid dienone is 1. The Morgan fingerprint density at radius 2 is 1.74 bits per heavy atom. The molecular formula is C30H42O8. The average Bonchev–Trinajstić information content (AvgIpc) is 3.18. The maximum absolute atomic E-state index is 12.4. The molecule has 1 aliphatic heterocycles. The van der Waals surface area contributed by atoms with Crippen molar-refractivity contribution >= 4 is 0 Å².